The molecule has 0 saturated heterocycles. The largest absolute Gasteiger partial charge is 0.376 e. The van der Waals surface area contributed by atoms with Crippen LogP contribution in [0.4, 0.5) is 5.69 Å². The molecule has 0 radical (unpaired) electrons. The average molecular weight is 241 g/mol. The number of aryl methyl sites for hydroxylation is 3. The van der Waals surface area contributed by atoms with Crippen LogP contribution < -0.4 is 5.32 Å². The Balaban J connectivity index is 2.24. The second-order valence-corrected chi connectivity index (χ2v) is 4.79. The molecule has 2 rings (SSSR count). The highest BCUT2D eigenvalue weighted by Crippen LogP contribution is 2.24. The van der Waals surface area contributed by atoms with Gasteiger partial charge < -0.3 is 5.32 Å². The predicted octanol–water partition coefficient (Wildman–Crippen LogP) is 3.57. The fourth-order valence-electron chi connectivity index (χ4n) is 2.15. The van der Waals surface area contributed by atoms with E-state index in [1.165, 1.54) is 28.6 Å². The first kappa shape index (κ1) is 12.6. The lowest BCUT2D eigenvalue weighted by Gasteiger charge is -2.19. The highest BCUT2D eigenvalue weighted by atomic mass is 15.0. The van der Waals surface area contributed by atoms with Crippen LogP contribution in [0.1, 0.15) is 35.2 Å². The monoisotopic (exact) mass is 241 g/mol. The summed E-state index contributed by atoms with van der Waals surface area (Å²) >= 11 is 0. The molecule has 1 aromatic heterocycles. The number of nitrogens with one attached hydrogen (secondary N) is 1. The number of rotatable bonds is 3. The summed E-state index contributed by atoms with van der Waals surface area (Å²) in [6, 6.07) is 4.74. The Morgan fingerprint density at radius 1 is 0.944 bits per heavy atom. The molecule has 1 atom stereocenters. The van der Waals surface area contributed by atoms with E-state index < -0.39 is 0 Å². The van der Waals surface area contributed by atoms with Gasteiger partial charge in [0.2, 0.25) is 0 Å². The van der Waals surface area contributed by atoms with Gasteiger partial charge in [-0.15, -0.1) is 0 Å². The van der Waals surface area contributed by atoms with E-state index in [4.69, 9.17) is 0 Å². The van der Waals surface area contributed by atoms with Gasteiger partial charge in [0.05, 0.1) is 18.1 Å². The summed E-state index contributed by atoms with van der Waals surface area (Å²) < 4.78 is 0. The second kappa shape index (κ2) is 5.17. The summed E-state index contributed by atoms with van der Waals surface area (Å²) in [5, 5.41) is 3.42. The Labute approximate surface area is 108 Å². The normalized spacial score (nSPS) is 12.2. The Hall–Kier alpha value is -1.90. The Morgan fingerprint density at radius 2 is 1.56 bits per heavy atom. The molecule has 0 aliphatic heterocycles. The summed E-state index contributed by atoms with van der Waals surface area (Å²) in [6.07, 6.45) is 5.12. The third-order valence-corrected chi connectivity index (χ3v) is 3.29. The maximum Gasteiger partial charge on any atom is 0.115 e. The van der Waals surface area contributed by atoms with Gasteiger partial charge in [0.1, 0.15) is 6.33 Å². The van der Waals surface area contributed by atoms with Crippen LogP contribution in [-0.4, -0.2) is 9.97 Å². The molecule has 0 saturated carbocycles. The van der Waals surface area contributed by atoms with Crippen LogP contribution in [0.3, 0.4) is 0 Å². The van der Waals surface area contributed by atoms with E-state index in [0.717, 1.165) is 5.69 Å². The van der Waals surface area contributed by atoms with E-state index in [0.29, 0.717) is 0 Å². The maximum absolute atomic E-state index is 4.01. The minimum atomic E-state index is 0.246. The van der Waals surface area contributed by atoms with E-state index in [1.807, 2.05) is 0 Å². The molecule has 0 amide bonds. The molecule has 18 heavy (non-hydrogen) atoms. The SMILES string of the molecule is Cc1cc(C)c(C(C)Nc2cncnc2)cc1C. The predicted molar refractivity (Wildman–Crippen MR) is 74.7 cm³/mol. The number of hydrogen-bond acceptors (Lipinski definition) is 3. The maximum atomic E-state index is 4.01. The molecular formula is C15H19N3. The molecule has 0 aliphatic carbocycles. The van der Waals surface area contributed by atoms with Crippen LogP contribution in [0.2, 0.25) is 0 Å². The van der Waals surface area contributed by atoms with E-state index in [2.05, 4.69) is 55.1 Å². The molecule has 3 heteroatoms. The van der Waals surface area contributed by atoms with Gasteiger partial charge in [-0.2, -0.15) is 0 Å². The summed E-state index contributed by atoms with van der Waals surface area (Å²) in [6.45, 7) is 8.61. The summed E-state index contributed by atoms with van der Waals surface area (Å²) in [5.74, 6) is 0. The van der Waals surface area contributed by atoms with E-state index >= 15 is 0 Å². The van der Waals surface area contributed by atoms with Gasteiger partial charge in [-0.3, -0.25) is 0 Å². The molecule has 1 unspecified atom stereocenters. The van der Waals surface area contributed by atoms with Crippen molar-refractivity contribution in [2.24, 2.45) is 0 Å². The van der Waals surface area contributed by atoms with Crippen LogP contribution >= 0.6 is 0 Å². The lowest BCUT2D eigenvalue weighted by molar-refractivity contribution is 0.866. The van der Waals surface area contributed by atoms with Gasteiger partial charge >= 0.3 is 0 Å². The molecule has 3 nitrogen and oxygen atoms in total. The summed E-state index contributed by atoms with van der Waals surface area (Å²) in [7, 11) is 0. The van der Waals surface area contributed by atoms with Crippen LogP contribution in [0.5, 0.6) is 0 Å². The van der Waals surface area contributed by atoms with Crippen molar-refractivity contribution in [2.45, 2.75) is 33.7 Å². The number of benzene rings is 1. The molecule has 2 aromatic rings. The molecule has 0 bridgehead atoms. The van der Waals surface area contributed by atoms with Crippen LogP contribution in [0.25, 0.3) is 0 Å². The quantitative estimate of drug-likeness (QED) is 0.892. The molecule has 94 valence electrons. The van der Waals surface area contributed by atoms with E-state index in [-0.39, 0.29) is 6.04 Å². The van der Waals surface area contributed by atoms with Crippen molar-refractivity contribution < 1.29 is 0 Å². The molecule has 1 aromatic carbocycles. The van der Waals surface area contributed by atoms with Gasteiger partial charge in [0, 0.05) is 6.04 Å². The van der Waals surface area contributed by atoms with Gasteiger partial charge in [-0.25, -0.2) is 9.97 Å². The van der Waals surface area contributed by atoms with Gasteiger partial charge in [-0.05, 0) is 49.9 Å². The smallest absolute Gasteiger partial charge is 0.115 e. The van der Waals surface area contributed by atoms with Gasteiger partial charge in [0.25, 0.3) is 0 Å². The highest BCUT2D eigenvalue weighted by Gasteiger charge is 2.10. The van der Waals surface area contributed by atoms with Crippen LogP contribution in [0, 0.1) is 20.8 Å². The minimum Gasteiger partial charge on any atom is -0.376 e. The second-order valence-electron chi connectivity index (χ2n) is 4.79. The Bertz CT molecular complexity index is 535. The van der Waals surface area contributed by atoms with Crippen molar-refractivity contribution in [3.8, 4) is 0 Å². The summed E-state index contributed by atoms with van der Waals surface area (Å²) in [5.41, 5.74) is 6.25. The Kier molecular flexibility index (Phi) is 3.60. The molecule has 1 heterocycles. The zero-order chi connectivity index (χ0) is 13.1. The first-order chi connectivity index (χ1) is 8.58. The number of anilines is 1. The fourth-order valence-corrected chi connectivity index (χ4v) is 2.15. The van der Waals surface area contributed by atoms with Crippen LogP contribution in [-0.2, 0) is 0 Å². The third kappa shape index (κ3) is 2.67. The standard InChI is InChI=1S/C15H19N3/c1-10-5-12(3)15(6-11(10)2)13(4)18-14-7-16-9-17-8-14/h5-9,13,18H,1-4H3. The van der Waals surface area contributed by atoms with Gasteiger partial charge in [0.15, 0.2) is 0 Å². The van der Waals surface area contributed by atoms with Gasteiger partial charge in [-0.1, -0.05) is 12.1 Å². The van der Waals surface area contributed by atoms with Crippen molar-refractivity contribution in [3.63, 3.8) is 0 Å². The molecular weight excluding hydrogens is 222 g/mol. The average Bonchev–Trinajstić information content (AvgIpc) is 2.35. The molecule has 0 fully saturated rings. The molecule has 1 N–H and O–H groups in total. The molecule has 0 spiro atoms. The molecule has 0 aliphatic rings. The Morgan fingerprint density at radius 3 is 2.22 bits per heavy atom. The topological polar surface area (TPSA) is 37.8 Å². The van der Waals surface area contributed by atoms with Crippen molar-refractivity contribution in [1.29, 1.82) is 0 Å². The number of aromatic nitrogens is 2. The number of hydrogen-bond donors (Lipinski definition) is 1. The van der Waals surface area contributed by atoms with Crippen molar-refractivity contribution in [1.82, 2.24) is 9.97 Å². The van der Waals surface area contributed by atoms with Crippen LogP contribution in [0.15, 0.2) is 30.9 Å². The van der Waals surface area contributed by atoms with Crippen molar-refractivity contribution in [2.75, 3.05) is 5.32 Å². The first-order valence-corrected chi connectivity index (χ1v) is 6.17. The lowest BCUT2D eigenvalue weighted by atomic mass is 9.96. The van der Waals surface area contributed by atoms with Crippen molar-refractivity contribution in [3.05, 3.63) is 53.1 Å². The highest BCUT2D eigenvalue weighted by molar-refractivity contribution is 5.44. The van der Waals surface area contributed by atoms with Crippen molar-refractivity contribution >= 4 is 5.69 Å². The van der Waals surface area contributed by atoms with E-state index in [9.17, 15) is 0 Å². The van der Waals surface area contributed by atoms with E-state index in [1.54, 1.807) is 12.4 Å². The summed E-state index contributed by atoms with van der Waals surface area (Å²) in [4.78, 5) is 8.02. The first-order valence-electron chi connectivity index (χ1n) is 6.17. The minimum absolute atomic E-state index is 0.246. The number of nitrogens with zero attached hydrogens (tertiary/aromatic N) is 2. The zero-order valence-electron chi connectivity index (χ0n) is 11.4. The lowest BCUT2D eigenvalue weighted by Crippen LogP contribution is -2.09. The zero-order valence-corrected chi connectivity index (χ0v) is 11.4. The third-order valence-electron chi connectivity index (χ3n) is 3.29. The fraction of sp³-hybridized carbons (Fsp3) is 0.333.